The number of carbonyl (C=O) groups excluding carboxylic acids is 2. The Labute approximate surface area is 131 Å². The normalized spacial score (nSPS) is 14.5. The summed E-state index contributed by atoms with van der Waals surface area (Å²) >= 11 is 2.33. The third-order valence-corrected chi connectivity index (χ3v) is 4.33. The van der Waals surface area contributed by atoms with Crippen LogP contribution in [0.2, 0.25) is 0 Å². The number of hydrogen-bond donors (Lipinski definition) is 3. The molecule has 7 nitrogen and oxygen atoms in total. The van der Waals surface area contributed by atoms with Crippen LogP contribution in [0.5, 0.6) is 0 Å². The lowest BCUT2D eigenvalue weighted by Crippen LogP contribution is -2.43. The topological polar surface area (TPSA) is 96.0 Å². The second kappa shape index (κ2) is 7.13. The lowest BCUT2D eigenvalue weighted by atomic mass is 10.6. The van der Waals surface area contributed by atoms with Crippen molar-refractivity contribution in [3.8, 4) is 0 Å². The number of anilines is 1. The highest BCUT2D eigenvalue weighted by molar-refractivity contribution is 8.01. The molecule has 1 aromatic heterocycles. The number of carbonyl (C=O) groups is 2. The summed E-state index contributed by atoms with van der Waals surface area (Å²) in [6, 6.07) is -0.747. The van der Waals surface area contributed by atoms with Crippen LogP contribution in [-0.2, 0) is 4.79 Å². The van der Waals surface area contributed by atoms with Gasteiger partial charge in [-0.15, -0.1) is 10.2 Å². The van der Waals surface area contributed by atoms with Gasteiger partial charge in [0.15, 0.2) is 4.34 Å². The lowest BCUT2D eigenvalue weighted by molar-refractivity contribution is -0.124. The molecule has 0 saturated heterocycles. The van der Waals surface area contributed by atoms with E-state index in [1.54, 1.807) is 10.6 Å². The van der Waals surface area contributed by atoms with E-state index in [1.165, 1.54) is 11.3 Å². The highest BCUT2D eigenvalue weighted by Crippen LogP contribution is 2.29. The Morgan fingerprint density at radius 2 is 2.05 bits per heavy atom. The van der Waals surface area contributed by atoms with Crippen molar-refractivity contribution in [2.75, 3.05) is 17.6 Å². The fourth-order valence-corrected chi connectivity index (χ4v) is 2.87. The predicted octanol–water partition coefficient (Wildman–Crippen LogP) is 1.59. The number of halogens is 3. The van der Waals surface area contributed by atoms with Crippen LogP contribution < -0.4 is 16.0 Å². The molecule has 0 bridgehead atoms. The minimum absolute atomic E-state index is 0.141. The average Bonchev–Trinajstić information content (AvgIpc) is 3.11. The standard InChI is InChI=1S/C10H12F3N5O2S2/c11-10(12,13)4-14-7(20)16-6(19)3-21-9-18-17-8(22-9)15-5-1-2-5/h5H,1-4H2,(H,15,17)(H2,14,16,19,20). The SMILES string of the molecule is O=C(CSc1nnc(NC2CC2)s1)NC(=O)NCC(F)(F)F. The number of nitrogens with one attached hydrogen (secondary N) is 3. The summed E-state index contributed by atoms with van der Waals surface area (Å²) in [6.45, 7) is -1.49. The van der Waals surface area contributed by atoms with Gasteiger partial charge in [0.25, 0.3) is 0 Å². The van der Waals surface area contributed by atoms with E-state index >= 15 is 0 Å². The second-order valence-corrected chi connectivity index (χ2v) is 6.63. The predicted molar refractivity (Wildman–Crippen MR) is 74.9 cm³/mol. The van der Waals surface area contributed by atoms with Gasteiger partial charge in [-0.25, -0.2) is 4.79 Å². The molecule has 1 aliphatic carbocycles. The fourth-order valence-electron chi connectivity index (χ4n) is 1.24. The smallest absolute Gasteiger partial charge is 0.357 e. The molecule has 0 aromatic carbocycles. The van der Waals surface area contributed by atoms with E-state index in [4.69, 9.17) is 0 Å². The second-order valence-electron chi connectivity index (χ2n) is 4.43. The molecular weight excluding hydrogens is 343 g/mol. The van der Waals surface area contributed by atoms with E-state index in [0.717, 1.165) is 24.6 Å². The van der Waals surface area contributed by atoms with Gasteiger partial charge in [-0.1, -0.05) is 23.1 Å². The maximum absolute atomic E-state index is 11.9. The maximum Gasteiger partial charge on any atom is 0.405 e. The average molecular weight is 355 g/mol. The van der Waals surface area contributed by atoms with Crippen LogP contribution in [0.3, 0.4) is 0 Å². The molecule has 1 heterocycles. The van der Waals surface area contributed by atoms with E-state index in [1.807, 2.05) is 0 Å². The van der Waals surface area contributed by atoms with Crippen molar-refractivity contribution < 1.29 is 22.8 Å². The van der Waals surface area contributed by atoms with Gasteiger partial charge in [0.05, 0.1) is 5.75 Å². The van der Waals surface area contributed by atoms with Crippen molar-refractivity contribution in [2.24, 2.45) is 0 Å². The van der Waals surface area contributed by atoms with Gasteiger partial charge >= 0.3 is 12.2 Å². The van der Waals surface area contributed by atoms with Crippen LogP contribution in [0, 0.1) is 0 Å². The molecule has 22 heavy (non-hydrogen) atoms. The van der Waals surface area contributed by atoms with Gasteiger partial charge in [0, 0.05) is 6.04 Å². The summed E-state index contributed by atoms with van der Waals surface area (Å²) in [6.07, 6.45) is -2.33. The molecule has 1 saturated carbocycles. The van der Waals surface area contributed by atoms with Crippen LogP contribution in [0.15, 0.2) is 4.34 Å². The number of aromatic nitrogens is 2. The monoisotopic (exact) mass is 355 g/mol. The van der Waals surface area contributed by atoms with Gasteiger partial charge in [-0.2, -0.15) is 13.2 Å². The summed E-state index contributed by atoms with van der Waals surface area (Å²) in [4.78, 5) is 22.5. The molecule has 1 aliphatic rings. The summed E-state index contributed by atoms with van der Waals surface area (Å²) in [5, 5.41) is 14.9. The molecule has 2 rings (SSSR count). The van der Waals surface area contributed by atoms with Crippen LogP contribution in [0.4, 0.5) is 23.1 Å². The summed E-state index contributed by atoms with van der Waals surface area (Å²) in [5.74, 6) is -0.853. The lowest BCUT2D eigenvalue weighted by Gasteiger charge is -2.08. The van der Waals surface area contributed by atoms with Gasteiger partial charge in [-0.05, 0) is 12.8 Å². The number of urea groups is 1. The van der Waals surface area contributed by atoms with E-state index in [-0.39, 0.29) is 5.75 Å². The quantitative estimate of drug-likeness (QED) is 0.671. The molecular formula is C10H12F3N5O2S2. The first kappa shape index (κ1) is 16.8. The number of hydrogen-bond acceptors (Lipinski definition) is 7. The summed E-state index contributed by atoms with van der Waals surface area (Å²) in [7, 11) is 0. The molecule has 0 radical (unpaired) electrons. The Morgan fingerprint density at radius 3 is 2.68 bits per heavy atom. The molecule has 0 atom stereocenters. The van der Waals surface area contributed by atoms with Crippen molar-refractivity contribution in [2.45, 2.75) is 29.4 Å². The fraction of sp³-hybridized carbons (Fsp3) is 0.600. The number of nitrogens with zero attached hydrogens (tertiary/aromatic N) is 2. The van der Waals surface area contributed by atoms with Crippen molar-refractivity contribution in [3.63, 3.8) is 0 Å². The van der Waals surface area contributed by atoms with Gasteiger partial charge in [0.1, 0.15) is 6.54 Å². The molecule has 1 fully saturated rings. The number of amides is 3. The molecule has 122 valence electrons. The number of alkyl halides is 3. The molecule has 3 N–H and O–H groups in total. The summed E-state index contributed by atoms with van der Waals surface area (Å²) < 4.78 is 36.1. The van der Waals surface area contributed by atoms with E-state index in [2.05, 4.69) is 15.5 Å². The molecule has 0 unspecified atom stereocenters. The van der Waals surface area contributed by atoms with Crippen LogP contribution in [0.25, 0.3) is 0 Å². The molecule has 0 spiro atoms. The van der Waals surface area contributed by atoms with E-state index in [9.17, 15) is 22.8 Å². The van der Waals surface area contributed by atoms with Crippen molar-refractivity contribution in [1.82, 2.24) is 20.8 Å². The van der Waals surface area contributed by atoms with E-state index < -0.39 is 24.7 Å². The van der Waals surface area contributed by atoms with Crippen molar-refractivity contribution in [1.29, 1.82) is 0 Å². The largest absolute Gasteiger partial charge is 0.405 e. The number of thioether (sulfide) groups is 1. The maximum atomic E-state index is 11.9. The molecule has 1 aromatic rings. The zero-order chi connectivity index (χ0) is 16.2. The first-order chi connectivity index (χ1) is 10.3. The molecule has 12 heteroatoms. The highest BCUT2D eigenvalue weighted by atomic mass is 32.2. The zero-order valence-electron chi connectivity index (χ0n) is 11.1. The van der Waals surface area contributed by atoms with Gasteiger partial charge in [0.2, 0.25) is 11.0 Å². The highest BCUT2D eigenvalue weighted by Gasteiger charge is 2.28. The Morgan fingerprint density at radius 1 is 1.32 bits per heavy atom. The Balaban J connectivity index is 1.66. The minimum Gasteiger partial charge on any atom is -0.357 e. The number of imide groups is 1. The van der Waals surface area contributed by atoms with Gasteiger partial charge in [-0.3, -0.25) is 10.1 Å². The third-order valence-electron chi connectivity index (χ3n) is 2.34. The Kier molecular flexibility index (Phi) is 5.45. The molecule has 0 aliphatic heterocycles. The summed E-state index contributed by atoms with van der Waals surface area (Å²) in [5.41, 5.74) is 0. The van der Waals surface area contributed by atoms with Crippen LogP contribution in [-0.4, -0.2) is 46.7 Å². The first-order valence-corrected chi connectivity index (χ1v) is 7.99. The molecule has 3 amide bonds. The Bertz CT molecular complexity index is 547. The van der Waals surface area contributed by atoms with Crippen LogP contribution in [0.1, 0.15) is 12.8 Å². The van der Waals surface area contributed by atoms with Crippen molar-refractivity contribution >= 4 is 40.2 Å². The van der Waals surface area contributed by atoms with Crippen molar-refractivity contribution in [3.05, 3.63) is 0 Å². The third kappa shape index (κ3) is 6.47. The zero-order valence-corrected chi connectivity index (χ0v) is 12.7. The first-order valence-electron chi connectivity index (χ1n) is 6.19. The Hall–Kier alpha value is -1.56. The minimum atomic E-state index is -4.52. The van der Waals surface area contributed by atoms with Gasteiger partial charge < -0.3 is 10.6 Å². The number of rotatable bonds is 6. The van der Waals surface area contributed by atoms with Crippen LogP contribution >= 0.6 is 23.1 Å². The van der Waals surface area contributed by atoms with E-state index in [0.29, 0.717) is 15.5 Å².